The summed E-state index contributed by atoms with van der Waals surface area (Å²) in [5, 5.41) is 6.12. The van der Waals surface area contributed by atoms with Crippen LogP contribution in [0.15, 0.2) is 0 Å². The predicted molar refractivity (Wildman–Crippen MR) is 32.6 cm³/mol. The van der Waals surface area contributed by atoms with Crippen molar-refractivity contribution in [3.8, 4) is 0 Å². The zero-order valence-corrected chi connectivity index (χ0v) is 5.38. The molecule has 0 aromatic carbocycles. The van der Waals surface area contributed by atoms with Gasteiger partial charge in [-0.25, -0.2) is 0 Å². The van der Waals surface area contributed by atoms with Crippen LogP contribution in [-0.4, -0.2) is 11.5 Å². The highest BCUT2D eigenvalue weighted by molar-refractivity contribution is 7.94. The van der Waals surface area contributed by atoms with E-state index < -0.39 is 0 Å². The van der Waals surface area contributed by atoms with Gasteiger partial charge in [-0.05, 0) is 13.8 Å². The average molecular weight is 106 g/mol. The third-order valence-corrected chi connectivity index (χ3v) is 2.23. The predicted octanol–water partition coefficient (Wildman–Crippen LogP) is 0.517. The van der Waals surface area contributed by atoms with E-state index in [2.05, 4.69) is 13.8 Å². The molecule has 0 aliphatic heterocycles. The van der Waals surface area contributed by atoms with E-state index in [9.17, 15) is 0 Å². The fourth-order valence-electron chi connectivity index (χ4n) is 0. The molecule has 0 amide bonds. The minimum absolute atomic E-state index is 0.133. The second-order valence-electron chi connectivity index (χ2n) is 1.66. The van der Waals surface area contributed by atoms with Crippen LogP contribution in [0.25, 0.3) is 0 Å². The van der Waals surface area contributed by atoms with Gasteiger partial charge in [-0.3, -0.25) is 0 Å². The summed E-state index contributed by atoms with van der Waals surface area (Å²) in [6.45, 7) is 4.26. The van der Waals surface area contributed by atoms with Crippen LogP contribution in [0.1, 0.15) is 13.8 Å². The summed E-state index contributed by atoms with van der Waals surface area (Å²) in [4.78, 5) is 0. The largest absolute Gasteiger partial charge is 0.151 e. The molecule has 1 nitrogen and oxygen atoms in total. The van der Waals surface area contributed by atoms with Crippen LogP contribution in [-0.2, 0) is 11.1 Å². The summed E-state index contributed by atoms with van der Waals surface area (Å²) in [7, 11) is 0. The Labute approximate surface area is 42.4 Å². The van der Waals surface area contributed by atoms with Gasteiger partial charge in [0.15, 0.2) is 0 Å². The molecule has 0 aromatic heterocycles. The van der Waals surface area contributed by atoms with Crippen LogP contribution in [0, 0.1) is 0 Å². The van der Waals surface area contributed by atoms with Crippen molar-refractivity contribution in [2.75, 3.05) is 6.26 Å². The Hall–Kier alpha value is 0.310. The number of rotatable bonds is 1. The van der Waals surface area contributed by atoms with E-state index in [1.54, 1.807) is 0 Å². The topological polar surface area (TPSA) is 26.0 Å². The first kappa shape index (κ1) is 6.31. The maximum Gasteiger partial charge on any atom is 0.131 e. The zero-order chi connectivity index (χ0) is 5.15. The molecule has 0 aliphatic carbocycles. The van der Waals surface area contributed by atoms with E-state index in [-0.39, 0.29) is 11.1 Å². The second kappa shape index (κ2) is 2.48. The van der Waals surface area contributed by atoms with Crippen molar-refractivity contribution < 1.29 is 0 Å². The summed E-state index contributed by atoms with van der Waals surface area (Å²) in [6.07, 6.45) is 2.05. The quantitative estimate of drug-likeness (QED) is 0.484. The van der Waals surface area contributed by atoms with Crippen LogP contribution < -0.4 is 5.14 Å². The SMILES string of the molecule is CC(C)[S+](C)N. The van der Waals surface area contributed by atoms with Crippen LogP contribution in [0.4, 0.5) is 0 Å². The smallest absolute Gasteiger partial charge is 0.131 e. The molecule has 0 saturated heterocycles. The van der Waals surface area contributed by atoms with Gasteiger partial charge >= 0.3 is 0 Å². The highest BCUT2D eigenvalue weighted by Crippen LogP contribution is 1.89. The lowest BCUT2D eigenvalue weighted by molar-refractivity contribution is 1.10. The summed E-state index contributed by atoms with van der Waals surface area (Å²) in [5.41, 5.74) is 0. The van der Waals surface area contributed by atoms with Gasteiger partial charge in [0.1, 0.15) is 11.5 Å². The minimum Gasteiger partial charge on any atom is -0.151 e. The Morgan fingerprint density at radius 2 is 1.67 bits per heavy atom. The van der Waals surface area contributed by atoms with Crippen LogP contribution in [0.2, 0.25) is 0 Å². The molecule has 0 saturated carbocycles. The minimum atomic E-state index is 0.133. The van der Waals surface area contributed by atoms with E-state index in [4.69, 9.17) is 5.14 Å². The lowest BCUT2D eigenvalue weighted by Gasteiger charge is -1.94. The number of nitrogens with two attached hydrogens (primary N) is 1. The molecule has 38 valence electrons. The van der Waals surface area contributed by atoms with Crippen molar-refractivity contribution in [1.29, 1.82) is 0 Å². The molecule has 1 unspecified atom stereocenters. The van der Waals surface area contributed by atoms with Crippen molar-refractivity contribution in [3.63, 3.8) is 0 Å². The average Bonchev–Trinajstić information content (AvgIpc) is 1.36. The maximum absolute atomic E-state index is 5.46. The van der Waals surface area contributed by atoms with Crippen LogP contribution in [0.3, 0.4) is 0 Å². The molecule has 0 aromatic rings. The van der Waals surface area contributed by atoms with Gasteiger partial charge < -0.3 is 0 Å². The molecule has 0 fully saturated rings. The van der Waals surface area contributed by atoms with E-state index in [1.165, 1.54) is 0 Å². The molecule has 0 aliphatic rings. The Morgan fingerprint density at radius 1 is 1.50 bits per heavy atom. The van der Waals surface area contributed by atoms with Gasteiger partial charge in [0.25, 0.3) is 0 Å². The number of hydrogen-bond donors (Lipinski definition) is 1. The van der Waals surface area contributed by atoms with Crippen molar-refractivity contribution >= 4 is 11.1 Å². The summed E-state index contributed by atoms with van der Waals surface area (Å²) >= 11 is 0.133. The fourth-order valence-corrected chi connectivity index (χ4v) is 0. The van der Waals surface area contributed by atoms with Crippen LogP contribution in [0.5, 0.6) is 0 Å². The van der Waals surface area contributed by atoms with E-state index in [1.807, 2.05) is 6.26 Å². The zero-order valence-electron chi connectivity index (χ0n) is 4.56. The van der Waals surface area contributed by atoms with Gasteiger partial charge in [-0.2, -0.15) is 5.14 Å². The third kappa shape index (κ3) is 2.54. The second-order valence-corrected chi connectivity index (χ2v) is 3.81. The first-order valence-corrected chi connectivity index (χ1v) is 3.79. The van der Waals surface area contributed by atoms with Gasteiger partial charge in [-0.1, -0.05) is 0 Å². The monoisotopic (exact) mass is 106 g/mol. The standard InChI is InChI=1S/C4H12NS/c1-4(2)6(3)5/h4H,5H2,1-3H3/q+1. The Balaban J connectivity index is 2.99. The Bertz CT molecular complexity index is 28.5. The number of hydrogen-bond acceptors (Lipinski definition) is 1. The van der Waals surface area contributed by atoms with Gasteiger partial charge in [0.05, 0.1) is 11.1 Å². The first-order valence-electron chi connectivity index (χ1n) is 2.03. The van der Waals surface area contributed by atoms with Crippen molar-refractivity contribution in [1.82, 2.24) is 0 Å². The molecule has 2 heteroatoms. The van der Waals surface area contributed by atoms with Gasteiger partial charge in [-0.15, -0.1) is 0 Å². The van der Waals surface area contributed by atoms with E-state index >= 15 is 0 Å². The molecule has 0 rings (SSSR count). The normalized spacial score (nSPS) is 15.5. The first-order chi connectivity index (χ1) is 2.64. The van der Waals surface area contributed by atoms with E-state index in [0.717, 1.165) is 0 Å². The lowest BCUT2D eigenvalue weighted by Crippen LogP contribution is -2.21. The lowest BCUT2D eigenvalue weighted by atomic mass is 10.6. The molecule has 1 atom stereocenters. The molecule has 6 heavy (non-hydrogen) atoms. The van der Waals surface area contributed by atoms with E-state index in [0.29, 0.717) is 5.25 Å². The van der Waals surface area contributed by atoms with Crippen LogP contribution >= 0.6 is 0 Å². The van der Waals surface area contributed by atoms with Crippen molar-refractivity contribution in [2.24, 2.45) is 5.14 Å². The molecular weight excluding hydrogens is 94.1 g/mol. The summed E-state index contributed by atoms with van der Waals surface area (Å²) < 4.78 is 0. The maximum atomic E-state index is 5.46. The van der Waals surface area contributed by atoms with Crippen molar-refractivity contribution in [3.05, 3.63) is 0 Å². The molecule has 0 radical (unpaired) electrons. The molecule has 0 heterocycles. The molecule has 0 bridgehead atoms. The highest BCUT2D eigenvalue weighted by atomic mass is 32.2. The van der Waals surface area contributed by atoms with Gasteiger partial charge in [0, 0.05) is 0 Å². The van der Waals surface area contributed by atoms with Gasteiger partial charge in [0.2, 0.25) is 0 Å². The fraction of sp³-hybridized carbons (Fsp3) is 1.00. The molecular formula is C4H12NS+. The Kier molecular flexibility index (Phi) is 2.61. The summed E-state index contributed by atoms with van der Waals surface area (Å²) in [5.74, 6) is 0. The highest BCUT2D eigenvalue weighted by Gasteiger charge is 2.07. The molecule has 2 N–H and O–H groups in total. The third-order valence-electron chi connectivity index (χ3n) is 0.744. The van der Waals surface area contributed by atoms with Crippen molar-refractivity contribution in [2.45, 2.75) is 19.1 Å². The molecule has 0 spiro atoms. The Morgan fingerprint density at radius 3 is 1.67 bits per heavy atom. The summed E-state index contributed by atoms with van der Waals surface area (Å²) in [6, 6.07) is 0.